The Morgan fingerprint density at radius 2 is 2.09 bits per heavy atom. The molecule has 1 aromatic heterocycles. The molecule has 23 heavy (non-hydrogen) atoms. The molecule has 1 amide bonds. The van der Waals surface area contributed by atoms with Crippen LogP contribution in [0.5, 0.6) is 0 Å². The van der Waals surface area contributed by atoms with Crippen LogP contribution in [0.4, 0.5) is 5.69 Å². The van der Waals surface area contributed by atoms with E-state index in [1.807, 2.05) is 36.4 Å². The number of para-hydroxylation sites is 1. The van der Waals surface area contributed by atoms with Gasteiger partial charge in [0.2, 0.25) is 5.91 Å². The van der Waals surface area contributed by atoms with Gasteiger partial charge in [-0.3, -0.25) is 4.79 Å². The Bertz CT molecular complexity index is 811. The number of carbonyl (C=O) groups excluding carboxylic acids is 1. The average molecular weight is 345 g/mol. The Balaban J connectivity index is 1.97. The quantitative estimate of drug-likeness (QED) is 0.640. The number of hydrogen-bond donors (Lipinski definition) is 1. The van der Waals surface area contributed by atoms with Gasteiger partial charge < -0.3 is 5.32 Å². The van der Waals surface area contributed by atoms with Crippen molar-refractivity contribution in [2.75, 3.05) is 5.32 Å². The van der Waals surface area contributed by atoms with E-state index in [-0.39, 0.29) is 5.91 Å². The number of carbonyl (C=O) groups is 1. The van der Waals surface area contributed by atoms with Crippen LogP contribution in [0, 0.1) is 0 Å². The van der Waals surface area contributed by atoms with Crippen molar-refractivity contribution in [3.8, 4) is 10.6 Å². The Hall–Kier alpha value is -1.91. The van der Waals surface area contributed by atoms with E-state index in [0.29, 0.717) is 11.4 Å². The first-order valence-electron chi connectivity index (χ1n) is 7.62. The molecule has 1 heterocycles. The zero-order chi connectivity index (χ0) is 16.2. The van der Waals surface area contributed by atoms with Crippen LogP contribution < -0.4 is 5.32 Å². The van der Waals surface area contributed by atoms with E-state index in [1.165, 1.54) is 0 Å². The standard InChI is InChI=1S/C18H17ClN2OS/c1-2-3-8-17(22)20-14-10-9-12(19)11-13(14)18-21-15-6-4-5-7-16(15)23-18/h4-7,9-11H,2-3,8H2,1H3,(H,20,22). The van der Waals surface area contributed by atoms with Gasteiger partial charge in [-0.05, 0) is 36.8 Å². The Morgan fingerprint density at radius 1 is 1.26 bits per heavy atom. The second kappa shape index (κ2) is 7.11. The average Bonchev–Trinajstić information content (AvgIpc) is 2.98. The largest absolute Gasteiger partial charge is 0.325 e. The number of fused-ring (bicyclic) bond motifs is 1. The van der Waals surface area contributed by atoms with Crippen LogP contribution in [-0.4, -0.2) is 10.9 Å². The lowest BCUT2D eigenvalue weighted by Crippen LogP contribution is -2.11. The predicted octanol–water partition coefficient (Wildman–Crippen LogP) is 5.75. The van der Waals surface area contributed by atoms with Crippen LogP contribution in [0.15, 0.2) is 42.5 Å². The van der Waals surface area contributed by atoms with E-state index in [4.69, 9.17) is 11.6 Å². The van der Waals surface area contributed by atoms with E-state index in [0.717, 1.165) is 39.3 Å². The summed E-state index contributed by atoms with van der Waals surface area (Å²) >= 11 is 7.75. The molecule has 2 aromatic carbocycles. The molecular weight excluding hydrogens is 328 g/mol. The second-order valence-corrected chi connectivity index (χ2v) is 6.80. The molecule has 3 rings (SSSR count). The van der Waals surface area contributed by atoms with E-state index in [9.17, 15) is 4.79 Å². The summed E-state index contributed by atoms with van der Waals surface area (Å²) in [6.07, 6.45) is 2.41. The zero-order valence-corrected chi connectivity index (χ0v) is 14.4. The molecule has 0 aliphatic heterocycles. The molecule has 3 aromatic rings. The summed E-state index contributed by atoms with van der Waals surface area (Å²) in [4.78, 5) is 16.7. The summed E-state index contributed by atoms with van der Waals surface area (Å²) in [7, 11) is 0. The third-order valence-corrected chi connectivity index (χ3v) is 4.84. The van der Waals surface area contributed by atoms with Gasteiger partial charge in [0.15, 0.2) is 0 Å². The number of halogens is 1. The molecular formula is C18H17ClN2OS. The minimum absolute atomic E-state index is 0.0246. The Labute approximate surface area is 144 Å². The van der Waals surface area contributed by atoms with Gasteiger partial charge in [-0.25, -0.2) is 4.98 Å². The van der Waals surface area contributed by atoms with Gasteiger partial charge in [-0.15, -0.1) is 11.3 Å². The van der Waals surface area contributed by atoms with Gasteiger partial charge in [0.25, 0.3) is 0 Å². The van der Waals surface area contributed by atoms with Crippen molar-refractivity contribution in [2.24, 2.45) is 0 Å². The molecule has 0 bridgehead atoms. The third-order valence-electron chi connectivity index (χ3n) is 3.54. The fourth-order valence-corrected chi connectivity index (χ4v) is 3.51. The molecule has 0 unspecified atom stereocenters. The maximum atomic E-state index is 12.1. The van der Waals surface area contributed by atoms with E-state index in [1.54, 1.807) is 17.4 Å². The van der Waals surface area contributed by atoms with Gasteiger partial charge in [-0.2, -0.15) is 0 Å². The monoisotopic (exact) mass is 344 g/mol. The highest BCUT2D eigenvalue weighted by Gasteiger charge is 2.13. The van der Waals surface area contributed by atoms with E-state index < -0.39 is 0 Å². The molecule has 5 heteroatoms. The first kappa shape index (κ1) is 16.0. The van der Waals surface area contributed by atoms with Crippen molar-refractivity contribution < 1.29 is 4.79 Å². The number of hydrogen-bond acceptors (Lipinski definition) is 3. The van der Waals surface area contributed by atoms with Crippen LogP contribution in [-0.2, 0) is 4.79 Å². The molecule has 0 saturated carbocycles. The highest BCUT2D eigenvalue weighted by Crippen LogP contribution is 2.36. The van der Waals surface area contributed by atoms with Gasteiger partial charge in [0.05, 0.1) is 15.9 Å². The lowest BCUT2D eigenvalue weighted by molar-refractivity contribution is -0.116. The van der Waals surface area contributed by atoms with E-state index in [2.05, 4.69) is 17.2 Å². The molecule has 0 saturated heterocycles. The smallest absolute Gasteiger partial charge is 0.224 e. The van der Waals surface area contributed by atoms with E-state index >= 15 is 0 Å². The number of aromatic nitrogens is 1. The maximum Gasteiger partial charge on any atom is 0.224 e. The summed E-state index contributed by atoms with van der Waals surface area (Å²) in [5, 5.41) is 4.48. The fourth-order valence-electron chi connectivity index (χ4n) is 2.34. The summed E-state index contributed by atoms with van der Waals surface area (Å²) in [6, 6.07) is 13.5. The van der Waals surface area contributed by atoms with Crippen molar-refractivity contribution in [1.29, 1.82) is 0 Å². The molecule has 0 atom stereocenters. The molecule has 3 nitrogen and oxygen atoms in total. The molecule has 118 valence electrons. The number of benzene rings is 2. The second-order valence-electron chi connectivity index (χ2n) is 5.33. The predicted molar refractivity (Wildman–Crippen MR) is 98.2 cm³/mol. The summed E-state index contributed by atoms with van der Waals surface area (Å²) < 4.78 is 1.12. The first-order chi connectivity index (χ1) is 11.2. The number of nitrogens with one attached hydrogen (secondary N) is 1. The van der Waals surface area contributed by atoms with Gasteiger partial charge >= 0.3 is 0 Å². The number of nitrogens with zero attached hydrogens (tertiary/aromatic N) is 1. The van der Waals surface area contributed by atoms with Crippen LogP contribution in [0.3, 0.4) is 0 Å². The molecule has 0 fully saturated rings. The number of thiazole rings is 1. The normalized spacial score (nSPS) is 10.9. The van der Waals surface area contributed by atoms with Crippen LogP contribution >= 0.6 is 22.9 Å². The minimum atomic E-state index is 0.0246. The number of amides is 1. The highest BCUT2D eigenvalue weighted by molar-refractivity contribution is 7.21. The van der Waals surface area contributed by atoms with Crippen molar-refractivity contribution in [3.05, 3.63) is 47.5 Å². The summed E-state index contributed by atoms with van der Waals surface area (Å²) in [5.74, 6) is 0.0246. The molecule has 0 spiro atoms. The highest BCUT2D eigenvalue weighted by atomic mass is 35.5. The molecule has 0 aliphatic carbocycles. The SMILES string of the molecule is CCCCC(=O)Nc1ccc(Cl)cc1-c1nc2ccccc2s1. The summed E-state index contributed by atoms with van der Waals surface area (Å²) in [5.41, 5.74) is 2.58. The lowest BCUT2D eigenvalue weighted by Gasteiger charge is -2.09. The van der Waals surface area contributed by atoms with Crippen molar-refractivity contribution in [3.63, 3.8) is 0 Å². The number of unbranched alkanes of at least 4 members (excludes halogenated alkanes) is 1. The minimum Gasteiger partial charge on any atom is -0.325 e. The number of rotatable bonds is 5. The van der Waals surface area contributed by atoms with Crippen LogP contribution in [0.2, 0.25) is 5.02 Å². The van der Waals surface area contributed by atoms with Gasteiger partial charge in [0.1, 0.15) is 5.01 Å². The van der Waals surface area contributed by atoms with Crippen molar-refractivity contribution in [2.45, 2.75) is 26.2 Å². The van der Waals surface area contributed by atoms with Gasteiger partial charge in [-0.1, -0.05) is 37.1 Å². The topological polar surface area (TPSA) is 42.0 Å². The Morgan fingerprint density at radius 3 is 2.87 bits per heavy atom. The molecule has 1 N–H and O–H groups in total. The fraction of sp³-hybridized carbons (Fsp3) is 0.222. The first-order valence-corrected chi connectivity index (χ1v) is 8.82. The zero-order valence-electron chi connectivity index (χ0n) is 12.8. The van der Waals surface area contributed by atoms with Gasteiger partial charge in [0, 0.05) is 17.0 Å². The number of anilines is 1. The lowest BCUT2D eigenvalue weighted by atomic mass is 10.1. The third kappa shape index (κ3) is 3.71. The van der Waals surface area contributed by atoms with Crippen LogP contribution in [0.25, 0.3) is 20.8 Å². The maximum absolute atomic E-state index is 12.1. The van der Waals surface area contributed by atoms with Crippen molar-refractivity contribution >= 4 is 44.7 Å². The summed E-state index contributed by atoms with van der Waals surface area (Å²) in [6.45, 7) is 2.07. The Kier molecular flexibility index (Phi) is 4.94. The van der Waals surface area contributed by atoms with Crippen LogP contribution in [0.1, 0.15) is 26.2 Å². The molecule has 0 radical (unpaired) electrons. The molecule has 0 aliphatic rings. The van der Waals surface area contributed by atoms with Crippen molar-refractivity contribution in [1.82, 2.24) is 4.98 Å².